The van der Waals surface area contributed by atoms with Crippen LogP contribution in [0.4, 0.5) is 0 Å². The largest absolute Gasteiger partial charge is 0.463 e. The van der Waals surface area contributed by atoms with Gasteiger partial charge in [-0.1, -0.05) is 18.7 Å². The second-order valence-electron chi connectivity index (χ2n) is 8.79. The fourth-order valence-electron chi connectivity index (χ4n) is 4.82. The zero-order valence-corrected chi connectivity index (χ0v) is 18.1. The predicted octanol–water partition coefficient (Wildman–Crippen LogP) is 0.237. The number of hydrogen-bond donors (Lipinski definition) is 3. The molecule has 1 heterocycles. The van der Waals surface area contributed by atoms with Crippen molar-refractivity contribution in [2.24, 2.45) is 17.8 Å². The molecule has 0 spiro atoms. The third-order valence-electron chi connectivity index (χ3n) is 6.53. The van der Waals surface area contributed by atoms with Crippen LogP contribution in [0.5, 0.6) is 0 Å². The first-order valence-electron chi connectivity index (χ1n) is 9.94. The molecule has 0 bridgehead atoms. The van der Waals surface area contributed by atoms with Gasteiger partial charge in [0.05, 0.1) is 17.9 Å². The van der Waals surface area contributed by atoms with Crippen LogP contribution in [0.3, 0.4) is 0 Å². The fourth-order valence-corrected chi connectivity index (χ4v) is 4.92. The summed E-state index contributed by atoms with van der Waals surface area (Å²) in [5, 5.41) is 32.1. The van der Waals surface area contributed by atoms with Crippen LogP contribution in [0.25, 0.3) is 0 Å². The summed E-state index contributed by atoms with van der Waals surface area (Å²) in [4.78, 5) is 36.2. The summed E-state index contributed by atoms with van der Waals surface area (Å²) >= 11 is 5.65. The van der Waals surface area contributed by atoms with Crippen molar-refractivity contribution in [3.05, 3.63) is 24.3 Å². The van der Waals surface area contributed by atoms with Gasteiger partial charge in [-0.3, -0.25) is 4.79 Å². The number of hydrogen-bond acceptors (Lipinski definition) is 9. The zero-order chi connectivity index (χ0) is 23.3. The van der Waals surface area contributed by atoms with Crippen molar-refractivity contribution >= 4 is 29.5 Å². The van der Waals surface area contributed by atoms with Crippen molar-refractivity contribution in [2.45, 2.75) is 56.2 Å². The SMILES string of the molecule is C=C1CC(OC(=O)C(C)(O)CCl)C2C(=C)C(=O)OC2C2C1CC(O)C2(O)COC(C)=O. The molecule has 0 radical (unpaired) electrons. The number of carbonyl (C=O) groups is 3. The molecule has 0 amide bonds. The van der Waals surface area contributed by atoms with Crippen LogP contribution >= 0.6 is 11.6 Å². The first-order valence-corrected chi connectivity index (χ1v) is 10.5. The van der Waals surface area contributed by atoms with Gasteiger partial charge in [-0.15, -0.1) is 11.6 Å². The highest BCUT2D eigenvalue weighted by atomic mass is 35.5. The second kappa shape index (κ2) is 8.20. The van der Waals surface area contributed by atoms with Crippen LogP contribution in [0, 0.1) is 17.8 Å². The Kier molecular flexibility index (Phi) is 6.27. The van der Waals surface area contributed by atoms with Crippen molar-refractivity contribution in [1.29, 1.82) is 0 Å². The van der Waals surface area contributed by atoms with Gasteiger partial charge in [-0.2, -0.15) is 0 Å². The van der Waals surface area contributed by atoms with E-state index >= 15 is 0 Å². The Morgan fingerprint density at radius 1 is 1.39 bits per heavy atom. The van der Waals surface area contributed by atoms with Crippen LogP contribution in [0.15, 0.2) is 24.3 Å². The lowest BCUT2D eigenvalue weighted by Crippen LogP contribution is -2.54. The summed E-state index contributed by atoms with van der Waals surface area (Å²) in [6.45, 7) is 9.69. The van der Waals surface area contributed by atoms with Crippen LogP contribution in [0.2, 0.25) is 0 Å². The maximum atomic E-state index is 12.5. The monoisotopic (exact) mass is 458 g/mol. The number of carbonyl (C=O) groups excluding carboxylic acids is 3. The summed E-state index contributed by atoms with van der Waals surface area (Å²) in [6, 6.07) is 0. The lowest BCUT2D eigenvalue weighted by atomic mass is 9.76. The lowest BCUT2D eigenvalue weighted by Gasteiger charge is -2.37. The normalized spacial score (nSPS) is 39.1. The van der Waals surface area contributed by atoms with Gasteiger partial charge in [0.15, 0.2) is 5.60 Å². The first-order chi connectivity index (χ1) is 14.3. The van der Waals surface area contributed by atoms with E-state index in [1.165, 1.54) is 13.8 Å². The molecule has 172 valence electrons. The van der Waals surface area contributed by atoms with Gasteiger partial charge in [0.1, 0.15) is 24.4 Å². The average molecular weight is 459 g/mol. The fraction of sp³-hybridized carbons (Fsp3) is 0.667. The van der Waals surface area contributed by atoms with Gasteiger partial charge >= 0.3 is 17.9 Å². The number of aliphatic hydroxyl groups excluding tert-OH is 1. The quantitative estimate of drug-likeness (QED) is 0.174. The van der Waals surface area contributed by atoms with Crippen LogP contribution in [0.1, 0.15) is 26.7 Å². The molecule has 0 aromatic heterocycles. The molecule has 31 heavy (non-hydrogen) atoms. The maximum absolute atomic E-state index is 12.5. The molecule has 9 nitrogen and oxygen atoms in total. The number of halogens is 1. The van der Waals surface area contributed by atoms with Crippen LogP contribution in [-0.2, 0) is 28.6 Å². The van der Waals surface area contributed by atoms with Gasteiger partial charge in [0, 0.05) is 24.8 Å². The smallest absolute Gasteiger partial charge is 0.339 e. The Morgan fingerprint density at radius 2 is 2.03 bits per heavy atom. The van der Waals surface area contributed by atoms with Crippen molar-refractivity contribution < 1.29 is 43.9 Å². The Labute approximate surface area is 184 Å². The third kappa shape index (κ3) is 4.00. The first kappa shape index (κ1) is 23.7. The minimum Gasteiger partial charge on any atom is -0.463 e. The standard InChI is InChI=1S/C21H27ClO9/c1-9-5-13(30-19(26)20(4,27)7-22)15-10(2)18(25)31-17(15)16-12(9)6-14(24)21(16,28)8-29-11(3)23/h12-17,24,27-28H,1-2,5-8H2,3-4H3. The Morgan fingerprint density at radius 3 is 2.61 bits per heavy atom. The van der Waals surface area contributed by atoms with Gasteiger partial charge < -0.3 is 29.5 Å². The highest BCUT2D eigenvalue weighted by molar-refractivity contribution is 6.20. The summed E-state index contributed by atoms with van der Waals surface area (Å²) in [7, 11) is 0. The van der Waals surface area contributed by atoms with Crippen molar-refractivity contribution in [3.8, 4) is 0 Å². The average Bonchev–Trinajstić information content (AvgIpc) is 3.08. The van der Waals surface area contributed by atoms with E-state index in [4.69, 9.17) is 25.8 Å². The molecular weight excluding hydrogens is 432 g/mol. The lowest BCUT2D eigenvalue weighted by molar-refractivity contribution is -0.181. The number of esters is 3. The molecule has 3 N–H and O–H groups in total. The minimum absolute atomic E-state index is 0.0398. The summed E-state index contributed by atoms with van der Waals surface area (Å²) in [6.07, 6.45) is -3.05. The molecule has 10 heteroatoms. The second-order valence-corrected chi connectivity index (χ2v) is 9.06. The summed E-state index contributed by atoms with van der Waals surface area (Å²) < 4.78 is 16.1. The van der Waals surface area contributed by atoms with Crippen molar-refractivity contribution in [3.63, 3.8) is 0 Å². The van der Waals surface area contributed by atoms with E-state index in [1.807, 2.05) is 0 Å². The Bertz CT molecular complexity index is 822. The van der Waals surface area contributed by atoms with E-state index in [1.54, 1.807) is 0 Å². The number of alkyl halides is 1. The van der Waals surface area contributed by atoms with Crippen molar-refractivity contribution in [2.75, 3.05) is 12.5 Å². The van der Waals surface area contributed by atoms with Gasteiger partial charge in [-0.25, -0.2) is 9.59 Å². The molecular formula is C21H27ClO9. The van der Waals surface area contributed by atoms with Crippen LogP contribution in [-0.4, -0.2) is 75.2 Å². The molecule has 2 saturated carbocycles. The van der Waals surface area contributed by atoms with Crippen molar-refractivity contribution in [1.82, 2.24) is 0 Å². The molecule has 3 fully saturated rings. The van der Waals surface area contributed by atoms with E-state index in [0.717, 1.165) is 0 Å². The zero-order valence-electron chi connectivity index (χ0n) is 17.4. The molecule has 0 aromatic carbocycles. The number of aliphatic hydroxyl groups is 3. The van der Waals surface area contributed by atoms with E-state index in [2.05, 4.69) is 13.2 Å². The van der Waals surface area contributed by atoms with E-state index in [-0.39, 0.29) is 18.4 Å². The molecule has 2 aliphatic carbocycles. The van der Waals surface area contributed by atoms with Crippen LogP contribution < -0.4 is 0 Å². The Balaban J connectivity index is 2.00. The van der Waals surface area contributed by atoms with Gasteiger partial charge in [0.2, 0.25) is 0 Å². The molecule has 1 saturated heterocycles. The Hall–Kier alpha value is -1.94. The van der Waals surface area contributed by atoms with E-state index in [0.29, 0.717) is 5.57 Å². The molecule has 8 atom stereocenters. The number of ether oxygens (including phenoxy) is 3. The maximum Gasteiger partial charge on any atom is 0.339 e. The summed E-state index contributed by atoms with van der Waals surface area (Å²) in [5.74, 6) is -4.97. The summed E-state index contributed by atoms with van der Waals surface area (Å²) in [5.41, 5.74) is -3.26. The number of rotatable bonds is 5. The predicted molar refractivity (Wildman–Crippen MR) is 107 cm³/mol. The molecule has 8 unspecified atom stereocenters. The molecule has 1 aliphatic heterocycles. The highest BCUT2D eigenvalue weighted by Crippen LogP contribution is 2.55. The third-order valence-corrected chi connectivity index (χ3v) is 7.05. The molecule has 3 rings (SSSR count). The number of fused-ring (bicyclic) bond motifs is 3. The topological polar surface area (TPSA) is 140 Å². The van der Waals surface area contributed by atoms with E-state index in [9.17, 15) is 29.7 Å². The van der Waals surface area contributed by atoms with Gasteiger partial charge in [0.25, 0.3) is 0 Å². The molecule has 0 aromatic rings. The minimum atomic E-state index is -1.95. The van der Waals surface area contributed by atoms with E-state index < -0.39 is 77.7 Å². The highest BCUT2D eigenvalue weighted by Gasteiger charge is 2.65. The molecule has 3 aliphatic rings. The van der Waals surface area contributed by atoms with Gasteiger partial charge in [-0.05, 0) is 19.3 Å².